The minimum atomic E-state index is -0.570. The molecule has 2 amide bonds. The molecule has 1 heterocycles. The Bertz CT molecular complexity index is 981. The number of piperidine rings is 1. The van der Waals surface area contributed by atoms with Crippen molar-refractivity contribution < 1.29 is 14.3 Å². The Labute approximate surface area is 163 Å². The van der Waals surface area contributed by atoms with Gasteiger partial charge in [-0.05, 0) is 35.4 Å². The molecule has 3 aromatic carbocycles. The Kier molecular flexibility index (Phi) is 3.63. The number of amides is 2. The average Bonchev–Trinajstić information content (AvgIpc) is 3.39. The molecule has 0 N–H and O–H groups in total. The van der Waals surface area contributed by atoms with Crippen LogP contribution < -0.4 is 9.64 Å². The molecule has 0 bridgehead atoms. The summed E-state index contributed by atoms with van der Waals surface area (Å²) >= 11 is 0. The minimum absolute atomic E-state index is 0.132. The maximum absolute atomic E-state index is 13.3. The number of ether oxygens (including phenoxy) is 1. The van der Waals surface area contributed by atoms with Crippen LogP contribution in [-0.2, 0) is 15.0 Å². The first-order valence-corrected chi connectivity index (χ1v) is 9.32. The number of fused-ring (bicyclic) bond motifs is 1. The van der Waals surface area contributed by atoms with Gasteiger partial charge in [-0.2, -0.15) is 0 Å². The molecule has 2 fully saturated rings. The van der Waals surface area contributed by atoms with Crippen LogP contribution in [0.4, 0.5) is 5.69 Å². The molecular formula is C24H19NO3. The second-order valence-corrected chi connectivity index (χ2v) is 7.27. The van der Waals surface area contributed by atoms with Gasteiger partial charge in [-0.3, -0.25) is 9.59 Å². The van der Waals surface area contributed by atoms with Crippen molar-refractivity contribution in [3.8, 4) is 5.75 Å². The highest BCUT2D eigenvalue weighted by atomic mass is 16.5. The zero-order valence-electron chi connectivity index (χ0n) is 15.4. The van der Waals surface area contributed by atoms with Crippen LogP contribution in [0.15, 0.2) is 84.9 Å². The van der Waals surface area contributed by atoms with Gasteiger partial charge in [0.05, 0.1) is 24.6 Å². The monoisotopic (exact) mass is 369 g/mol. The van der Waals surface area contributed by atoms with E-state index in [9.17, 15) is 9.59 Å². The smallest absolute Gasteiger partial charge is 0.239 e. The molecule has 5 rings (SSSR count). The first kappa shape index (κ1) is 16.8. The lowest BCUT2D eigenvalue weighted by Gasteiger charge is -2.26. The maximum atomic E-state index is 13.3. The fourth-order valence-corrected chi connectivity index (χ4v) is 4.75. The Hall–Kier alpha value is -3.40. The number of imide groups is 1. The standard InChI is InChI=1S/C24H19NO3/c1-28-19-14-12-18(13-15-19)25-22(26)20-21(23(25)27)24(20,16-8-4-2-5-9-16)17-10-6-3-7-11-17/h2-15,20-21H,1H3/t20-,21-/m1/s1. The summed E-state index contributed by atoms with van der Waals surface area (Å²) in [6, 6.07) is 26.9. The summed E-state index contributed by atoms with van der Waals surface area (Å²) in [5, 5.41) is 0. The lowest BCUT2D eigenvalue weighted by Crippen LogP contribution is -2.39. The number of carbonyl (C=O) groups excluding carboxylic acids is 2. The highest BCUT2D eigenvalue weighted by molar-refractivity contribution is 6.27. The van der Waals surface area contributed by atoms with Gasteiger partial charge in [0.15, 0.2) is 0 Å². The van der Waals surface area contributed by atoms with E-state index in [0.717, 1.165) is 11.1 Å². The number of rotatable bonds is 4. The largest absolute Gasteiger partial charge is 0.497 e. The number of hydrogen-bond donors (Lipinski definition) is 0. The summed E-state index contributed by atoms with van der Waals surface area (Å²) in [7, 11) is 1.59. The molecule has 0 spiro atoms. The Morgan fingerprint density at radius 2 is 1.18 bits per heavy atom. The van der Waals surface area contributed by atoms with Gasteiger partial charge in [0.1, 0.15) is 5.75 Å². The quantitative estimate of drug-likeness (QED) is 0.657. The van der Waals surface area contributed by atoms with Crippen molar-refractivity contribution in [1.29, 1.82) is 0 Å². The third kappa shape index (κ3) is 2.12. The normalized spacial score (nSPS) is 22.1. The topological polar surface area (TPSA) is 46.6 Å². The number of benzene rings is 3. The van der Waals surface area contributed by atoms with Crippen LogP contribution in [0.3, 0.4) is 0 Å². The van der Waals surface area contributed by atoms with Crippen LogP contribution in [0, 0.1) is 11.8 Å². The van der Waals surface area contributed by atoms with E-state index in [1.54, 1.807) is 31.4 Å². The van der Waals surface area contributed by atoms with Gasteiger partial charge in [-0.1, -0.05) is 60.7 Å². The Morgan fingerprint density at radius 1 is 0.714 bits per heavy atom. The Morgan fingerprint density at radius 3 is 1.61 bits per heavy atom. The van der Waals surface area contributed by atoms with Gasteiger partial charge in [0.2, 0.25) is 11.8 Å². The number of anilines is 1. The molecule has 1 aliphatic carbocycles. The second-order valence-electron chi connectivity index (χ2n) is 7.27. The number of nitrogens with zero attached hydrogens (tertiary/aromatic N) is 1. The molecule has 2 aliphatic rings. The highest BCUT2D eigenvalue weighted by Crippen LogP contribution is 2.68. The first-order chi connectivity index (χ1) is 13.7. The highest BCUT2D eigenvalue weighted by Gasteiger charge is 2.78. The van der Waals surface area contributed by atoms with Crippen LogP contribution in [0.25, 0.3) is 0 Å². The van der Waals surface area contributed by atoms with E-state index in [1.165, 1.54) is 4.90 Å². The average molecular weight is 369 g/mol. The van der Waals surface area contributed by atoms with E-state index in [1.807, 2.05) is 60.7 Å². The molecule has 1 aliphatic heterocycles. The molecule has 4 heteroatoms. The van der Waals surface area contributed by atoms with Crippen molar-refractivity contribution in [3.63, 3.8) is 0 Å². The predicted octanol–water partition coefficient (Wildman–Crippen LogP) is 3.80. The van der Waals surface area contributed by atoms with Crippen molar-refractivity contribution in [2.75, 3.05) is 12.0 Å². The van der Waals surface area contributed by atoms with Crippen molar-refractivity contribution in [2.45, 2.75) is 5.41 Å². The van der Waals surface area contributed by atoms with Gasteiger partial charge < -0.3 is 4.74 Å². The summed E-state index contributed by atoms with van der Waals surface area (Å²) in [5.74, 6) is -0.310. The van der Waals surface area contributed by atoms with Gasteiger partial charge in [0.25, 0.3) is 0 Å². The molecule has 28 heavy (non-hydrogen) atoms. The summed E-state index contributed by atoms with van der Waals surface area (Å²) in [6.45, 7) is 0. The van der Waals surface area contributed by atoms with Gasteiger partial charge in [-0.15, -0.1) is 0 Å². The van der Waals surface area contributed by atoms with E-state index in [-0.39, 0.29) is 23.7 Å². The van der Waals surface area contributed by atoms with E-state index in [4.69, 9.17) is 4.74 Å². The van der Waals surface area contributed by atoms with Crippen molar-refractivity contribution in [1.82, 2.24) is 0 Å². The van der Waals surface area contributed by atoms with Crippen LogP contribution in [0.1, 0.15) is 11.1 Å². The SMILES string of the molecule is COc1ccc(N2C(=O)[C@H]3[C@H](C2=O)C3(c2ccccc2)c2ccccc2)cc1. The summed E-state index contributed by atoms with van der Waals surface area (Å²) in [5.41, 5.74) is 2.07. The van der Waals surface area contributed by atoms with Gasteiger partial charge >= 0.3 is 0 Å². The van der Waals surface area contributed by atoms with E-state index < -0.39 is 5.41 Å². The minimum Gasteiger partial charge on any atom is -0.497 e. The zero-order chi connectivity index (χ0) is 19.3. The van der Waals surface area contributed by atoms with Crippen molar-refractivity contribution >= 4 is 17.5 Å². The van der Waals surface area contributed by atoms with Crippen molar-refractivity contribution in [2.24, 2.45) is 11.8 Å². The Balaban J connectivity index is 1.58. The molecule has 138 valence electrons. The molecule has 0 aromatic heterocycles. The molecule has 0 unspecified atom stereocenters. The molecule has 2 atom stereocenters. The van der Waals surface area contributed by atoms with Gasteiger partial charge in [0, 0.05) is 5.41 Å². The van der Waals surface area contributed by atoms with E-state index in [2.05, 4.69) is 0 Å². The molecule has 0 radical (unpaired) electrons. The second kappa shape index (κ2) is 6.06. The van der Waals surface area contributed by atoms with Crippen LogP contribution >= 0.6 is 0 Å². The lowest BCUT2D eigenvalue weighted by molar-refractivity contribution is -0.124. The fourth-order valence-electron chi connectivity index (χ4n) is 4.75. The lowest BCUT2D eigenvalue weighted by atomic mass is 9.83. The molecule has 4 nitrogen and oxygen atoms in total. The zero-order valence-corrected chi connectivity index (χ0v) is 15.4. The first-order valence-electron chi connectivity index (χ1n) is 9.32. The van der Waals surface area contributed by atoms with Crippen molar-refractivity contribution in [3.05, 3.63) is 96.1 Å². The summed E-state index contributed by atoms with van der Waals surface area (Å²) < 4.78 is 5.18. The van der Waals surface area contributed by atoms with E-state index in [0.29, 0.717) is 11.4 Å². The molecule has 3 aromatic rings. The molecule has 1 saturated heterocycles. The van der Waals surface area contributed by atoms with Crippen LogP contribution in [-0.4, -0.2) is 18.9 Å². The number of hydrogen-bond acceptors (Lipinski definition) is 3. The number of carbonyl (C=O) groups is 2. The van der Waals surface area contributed by atoms with Gasteiger partial charge in [-0.25, -0.2) is 4.90 Å². The fraction of sp³-hybridized carbons (Fsp3) is 0.167. The predicted molar refractivity (Wildman–Crippen MR) is 106 cm³/mol. The van der Waals surface area contributed by atoms with E-state index >= 15 is 0 Å². The molecular weight excluding hydrogens is 350 g/mol. The maximum Gasteiger partial charge on any atom is 0.239 e. The third-order valence-corrected chi connectivity index (χ3v) is 6.01. The molecule has 1 saturated carbocycles. The van der Waals surface area contributed by atoms with Crippen LogP contribution in [0.5, 0.6) is 5.75 Å². The van der Waals surface area contributed by atoms with Crippen LogP contribution in [0.2, 0.25) is 0 Å². The summed E-state index contributed by atoms with van der Waals surface area (Å²) in [4.78, 5) is 28.0. The third-order valence-electron chi connectivity index (χ3n) is 6.01. The summed E-state index contributed by atoms with van der Waals surface area (Å²) in [6.07, 6.45) is 0. The number of methoxy groups -OCH3 is 1.